The van der Waals surface area contributed by atoms with Crippen LogP contribution in [0.15, 0.2) is 6.20 Å². The smallest absolute Gasteiger partial charge is 0.142 e. The predicted octanol–water partition coefficient (Wildman–Crippen LogP) is 1.90. The van der Waals surface area contributed by atoms with E-state index in [4.69, 9.17) is 9.84 Å². The summed E-state index contributed by atoms with van der Waals surface area (Å²) in [6, 6.07) is 0. The van der Waals surface area contributed by atoms with Crippen LogP contribution in [0.25, 0.3) is 0 Å². The van der Waals surface area contributed by atoms with Gasteiger partial charge in [0.2, 0.25) is 0 Å². The minimum absolute atomic E-state index is 0.128. The van der Waals surface area contributed by atoms with Crippen LogP contribution < -0.4 is 0 Å². The van der Waals surface area contributed by atoms with Crippen LogP contribution in [0.5, 0.6) is 5.75 Å². The number of nitrogens with zero attached hydrogens (tertiary/aromatic N) is 1. The molecule has 0 bridgehead atoms. The molecule has 2 N–H and O–H groups in total. The van der Waals surface area contributed by atoms with Gasteiger partial charge in [0.05, 0.1) is 18.9 Å². The topological polar surface area (TPSA) is 62.6 Å². The Hall–Kier alpha value is -1.13. The average Bonchev–Trinajstić information content (AvgIpc) is 2.30. The lowest BCUT2D eigenvalue weighted by molar-refractivity contribution is 0.114. The molecule has 0 unspecified atom stereocenters. The fourth-order valence-electron chi connectivity index (χ4n) is 1.40. The number of aryl methyl sites for hydroxylation is 1. The fourth-order valence-corrected chi connectivity index (χ4v) is 1.40. The van der Waals surface area contributed by atoms with Crippen LogP contribution in [0.4, 0.5) is 0 Å². The van der Waals surface area contributed by atoms with Crippen LogP contribution in [-0.2, 0) is 18.0 Å². The number of pyridine rings is 1. The highest BCUT2D eigenvalue weighted by Gasteiger charge is 2.11. The van der Waals surface area contributed by atoms with Crippen molar-refractivity contribution in [3.05, 3.63) is 23.0 Å². The molecule has 90 valence electrons. The van der Waals surface area contributed by atoms with E-state index in [1.807, 2.05) is 0 Å². The molecule has 4 heteroatoms. The largest absolute Gasteiger partial charge is 0.506 e. The summed E-state index contributed by atoms with van der Waals surface area (Å²) in [7, 11) is 0. The summed E-state index contributed by atoms with van der Waals surface area (Å²) in [6.07, 6.45) is 3.65. The number of unbranched alkanes of at least 4 members (excludes halogenated alkanes) is 1. The summed E-state index contributed by atoms with van der Waals surface area (Å²) < 4.78 is 5.44. The number of hydrogen-bond acceptors (Lipinski definition) is 4. The Labute approximate surface area is 95.9 Å². The number of aromatic nitrogens is 1. The van der Waals surface area contributed by atoms with Gasteiger partial charge in [0.25, 0.3) is 0 Å². The molecule has 0 aromatic carbocycles. The van der Waals surface area contributed by atoms with Crippen molar-refractivity contribution in [2.24, 2.45) is 0 Å². The first kappa shape index (κ1) is 12.9. The van der Waals surface area contributed by atoms with E-state index < -0.39 is 0 Å². The lowest BCUT2D eigenvalue weighted by Gasteiger charge is -2.11. The maximum absolute atomic E-state index is 9.81. The van der Waals surface area contributed by atoms with Gasteiger partial charge in [0.15, 0.2) is 0 Å². The molecule has 0 saturated carbocycles. The summed E-state index contributed by atoms with van der Waals surface area (Å²) in [5.74, 6) is 0.128. The molecule has 0 aliphatic carbocycles. The first-order valence-corrected chi connectivity index (χ1v) is 5.55. The molecular formula is C12H19NO3. The zero-order valence-corrected chi connectivity index (χ0v) is 9.86. The highest BCUT2D eigenvalue weighted by Crippen LogP contribution is 2.24. The minimum Gasteiger partial charge on any atom is -0.506 e. The first-order chi connectivity index (χ1) is 7.70. The molecule has 4 nitrogen and oxygen atoms in total. The van der Waals surface area contributed by atoms with Crippen molar-refractivity contribution in [2.75, 3.05) is 6.61 Å². The van der Waals surface area contributed by atoms with E-state index in [1.165, 1.54) is 0 Å². The molecular weight excluding hydrogens is 206 g/mol. The second-order valence-corrected chi connectivity index (χ2v) is 3.76. The van der Waals surface area contributed by atoms with Gasteiger partial charge in [-0.1, -0.05) is 13.3 Å². The molecule has 0 aliphatic heterocycles. The van der Waals surface area contributed by atoms with Gasteiger partial charge >= 0.3 is 0 Å². The number of aliphatic hydroxyl groups excluding tert-OH is 1. The zero-order valence-electron chi connectivity index (χ0n) is 9.86. The molecule has 1 heterocycles. The monoisotopic (exact) mass is 225 g/mol. The van der Waals surface area contributed by atoms with E-state index in [2.05, 4.69) is 11.9 Å². The summed E-state index contributed by atoms with van der Waals surface area (Å²) in [4.78, 5) is 3.99. The predicted molar refractivity (Wildman–Crippen MR) is 61.1 cm³/mol. The van der Waals surface area contributed by atoms with E-state index >= 15 is 0 Å². The van der Waals surface area contributed by atoms with Gasteiger partial charge in [-0.3, -0.25) is 4.98 Å². The molecule has 0 saturated heterocycles. The fraction of sp³-hybridized carbons (Fsp3) is 0.583. The lowest BCUT2D eigenvalue weighted by atomic mass is 10.1. The number of hydrogen-bond donors (Lipinski definition) is 2. The van der Waals surface area contributed by atoms with Crippen molar-refractivity contribution in [1.82, 2.24) is 4.98 Å². The Morgan fingerprint density at radius 1 is 1.44 bits per heavy atom. The normalized spacial score (nSPS) is 10.7. The van der Waals surface area contributed by atoms with E-state index in [9.17, 15) is 5.11 Å². The quantitative estimate of drug-likeness (QED) is 0.726. The van der Waals surface area contributed by atoms with Crippen LogP contribution in [0.1, 0.15) is 36.6 Å². The first-order valence-electron chi connectivity index (χ1n) is 5.55. The van der Waals surface area contributed by atoms with E-state index in [1.54, 1.807) is 13.1 Å². The average molecular weight is 225 g/mol. The third-order valence-electron chi connectivity index (χ3n) is 2.49. The van der Waals surface area contributed by atoms with Crippen LogP contribution >= 0.6 is 0 Å². The molecule has 0 fully saturated rings. The molecule has 0 amide bonds. The zero-order chi connectivity index (χ0) is 12.0. The van der Waals surface area contributed by atoms with Gasteiger partial charge in [-0.25, -0.2) is 0 Å². The van der Waals surface area contributed by atoms with Crippen molar-refractivity contribution in [3.63, 3.8) is 0 Å². The molecule has 16 heavy (non-hydrogen) atoms. The molecule has 0 atom stereocenters. The van der Waals surface area contributed by atoms with E-state index in [-0.39, 0.29) is 12.4 Å². The van der Waals surface area contributed by atoms with Crippen LogP contribution in [0.2, 0.25) is 0 Å². The Bertz CT molecular complexity index is 339. The van der Waals surface area contributed by atoms with E-state index in [0.717, 1.165) is 12.8 Å². The molecule has 1 rings (SSSR count). The van der Waals surface area contributed by atoms with Gasteiger partial charge in [0.1, 0.15) is 5.75 Å². The van der Waals surface area contributed by atoms with Crippen LogP contribution in [0, 0.1) is 6.92 Å². The second kappa shape index (κ2) is 6.45. The van der Waals surface area contributed by atoms with Crippen LogP contribution in [-0.4, -0.2) is 21.8 Å². The third kappa shape index (κ3) is 3.18. The highest BCUT2D eigenvalue weighted by atomic mass is 16.5. The second-order valence-electron chi connectivity index (χ2n) is 3.76. The van der Waals surface area contributed by atoms with Gasteiger partial charge in [-0.2, -0.15) is 0 Å². The van der Waals surface area contributed by atoms with Crippen molar-refractivity contribution in [3.8, 4) is 5.75 Å². The number of aromatic hydroxyl groups is 1. The maximum Gasteiger partial charge on any atom is 0.142 e. The Morgan fingerprint density at radius 2 is 2.19 bits per heavy atom. The third-order valence-corrected chi connectivity index (χ3v) is 2.49. The molecule has 0 radical (unpaired) electrons. The van der Waals surface area contributed by atoms with Gasteiger partial charge in [0, 0.05) is 23.9 Å². The van der Waals surface area contributed by atoms with Gasteiger partial charge < -0.3 is 14.9 Å². The highest BCUT2D eigenvalue weighted by molar-refractivity contribution is 5.39. The molecule has 1 aromatic rings. The standard InChI is InChI=1S/C12H19NO3/c1-3-4-5-16-8-11-10(7-14)6-13-9(2)12(11)15/h6,14-15H,3-5,7-8H2,1-2H3. The van der Waals surface area contributed by atoms with Gasteiger partial charge in [-0.15, -0.1) is 0 Å². The molecule has 1 aromatic heterocycles. The SMILES string of the molecule is CCCCOCc1c(CO)cnc(C)c1O. The maximum atomic E-state index is 9.81. The number of aliphatic hydroxyl groups is 1. The van der Waals surface area contributed by atoms with Crippen molar-refractivity contribution < 1.29 is 14.9 Å². The lowest BCUT2D eigenvalue weighted by Crippen LogP contribution is -2.02. The van der Waals surface area contributed by atoms with Crippen LogP contribution in [0.3, 0.4) is 0 Å². The summed E-state index contributed by atoms with van der Waals surface area (Å²) in [5, 5.41) is 18.9. The Balaban J connectivity index is 2.72. The van der Waals surface area contributed by atoms with Crippen molar-refractivity contribution in [2.45, 2.75) is 39.9 Å². The molecule has 0 spiro atoms. The summed E-state index contributed by atoms with van der Waals surface area (Å²) in [5.41, 5.74) is 1.83. The van der Waals surface area contributed by atoms with E-state index in [0.29, 0.717) is 30.0 Å². The Kier molecular flexibility index (Phi) is 5.22. The summed E-state index contributed by atoms with van der Waals surface area (Å²) >= 11 is 0. The number of ether oxygens (including phenoxy) is 1. The number of rotatable bonds is 6. The van der Waals surface area contributed by atoms with Gasteiger partial charge in [-0.05, 0) is 13.3 Å². The van der Waals surface area contributed by atoms with Crippen molar-refractivity contribution >= 4 is 0 Å². The minimum atomic E-state index is -0.132. The Morgan fingerprint density at radius 3 is 2.81 bits per heavy atom. The molecule has 0 aliphatic rings. The van der Waals surface area contributed by atoms with Crippen molar-refractivity contribution in [1.29, 1.82) is 0 Å². The summed E-state index contributed by atoms with van der Waals surface area (Å²) in [6.45, 7) is 4.68.